The van der Waals surface area contributed by atoms with Crippen molar-refractivity contribution >= 4 is 5.91 Å². The third-order valence-corrected chi connectivity index (χ3v) is 4.93. The summed E-state index contributed by atoms with van der Waals surface area (Å²) >= 11 is 0. The molecule has 1 saturated heterocycles. The Morgan fingerprint density at radius 1 is 1.35 bits per heavy atom. The minimum Gasteiger partial charge on any atom is -0.347 e. The lowest BCUT2D eigenvalue weighted by molar-refractivity contribution is -0.123. The Hall–Kier alpha value is -2.28. The summed E-state index contributed by atoms with van der Waals surface area (Å²) in [5.74, 6) is 1.19. The van der Waals surface area contributed by atoms with Gasteiger partial charge < -0.3 is 15.2 Å². The van der Waals surface area contributed by atoms with Crippen molar-refractivity contribution < 1.29 is 9.32 Å². The third kappa shape index (κ3) is 2.84. The number of rotatable bonds is 4. The number of pyridine rings is 1. The molecule has 1 spiro atoms. The van der Waals surface area contributed by atoms with Crippen LogP contribution in [0.15, 0.2) is 29.0 Å². The highest BCUT2D eigenvalue weighted by molar-refractivity contribution is 5.82. The van der Waals surface area contributed by atoms with Crippen LogP contribution >= 0.6 is 0 Å². The molecule has 3 heterocycles. The van der Waals surface area contributed by atoms with E-state index in [-0.39, 0.29) is 23.8 Å². The summed E-state index contributed by atoms with van der Waals surface area (Å²) in [4.78, 5) is 20.6. The van der Waals surface area contributed by atoms with Gasteiger partial charge in [0.15, 0.2) is 0 Å². The molecule has 1 amide bonds. The number of amides is 1. The summed E-state index contributed by atoms with van der Waals surface area (Å²) in [6.07, 6.45) is 6.56. The summed E-state index contributed by atoms with van der Waals surface area (Å²) in [5, 5.41) is 10.2. The second-order valence-electron chi connectivity index (χ2n) is 6.33. The van der Waals surface area contributed by atoms with Gasteiger partial charge in [-0.1, -0.05) is 5.16 Å². The van der Waals surface area contributed by atoms with E-state index in [9.17, 15) is 4.79 Å². The van der Waals surface area contributed by atoms with Crippen molar-refractivity contribution in [2.24, 2.45) is 11.3 Å². The third-order valence-electron chi connectivity index (χ3n) is 4.93. The van der Waals surface area contributed by atoms with Gasteiger partial charge in [-0.2, -0.15) is 4.98 Å². The molecule has 4 rings (SSSR count). The Balaban J connectivity index is 1.33. The first-order valence-corrected chi connectivity index (χ1v) is 7.98. The fourth-order valence-electron chi connectivity index (χ4n) is 3.43. The van der Waals surface area contributed by atoms with Gasteiger partial charge in [0.05, 0.1) is 6.54 Å². The van der Waals surface area contributed by atoms with E-state index >= 15 is 0 Å². The van der Waals surface area contributed by atoms with Gasteiger partial charge in [0.2, 0.25) is 17.6 Å². The smallest absolute Gasteiger partial charge is 0.246 e. The average Bonchev–Trinajstić information content (AvgIpc) is 3.08. The van der Waals surface area contributed by atoms with E-state index in [4.69, 9.17) is 4.52 Å². The maximum atomic E-state index is 12.3. The van der Waals surface area contributed by atoms with Crippen LogP contribution in [0.4, 0.5) is 0 Å². The van der Waals surface area contributed by atoms with E-state index in [1.807, 2.05) is 12.1 Å². The molecule has 120 valence electrons. The number of hydrogen-bond acceptors (Lipinski definition) is 6. The largest absolute Gasteiger partial charge is 0.347 e. The highest BCUT2D eigenvalue weighted by Gasteiger charge is 2.57. The van der Waals surface area contributed by atoms with Gasteiger partial charge in [0.1, 0.15) is 0 Å². The van der Waals surface area contributed by atoms with Crippen LogP contribution in [0.1, 0.15) is 25.2 Å². The predicted molar refractivity (Wildman–Crippen MR) is 82.0 cm³/mol. The minimum atomic E-state index is 0.107. The topological polar surface area (TPSA) is 92.9 Å². The van der Waals surface area contributed by atoms with Gasteiger partial charge in [-0.25, -0.2) is 0 Å². The molecule has 1 atom stereocenters. The molecule has 7 nitrogen and oxygen atoms in total. The zero-order chi connectivity index (χ0) is 15.7. The summed E-state index contributed by atoms with van der Waals surface area (Å²) < 4.78 is 5.20. The molecular weight excluding hydrogens is 294 g/mol. The van der Waals surface area contributed by atoms with Gasteiger partial charge in [-0.3, -0.25) is 9.78 Å². The van der Waals surface area contributed by atoms with Gasteiger partial charge in [-0.05, 0) is 49.9 Å². The Kier molecular flexibility index (Phi) is 3.57. The van der Waals surface area contributed by atoms with Crippen LogP contribution in [-0.2, 0) is 11.3 Å². The van der Waals surface area contributed by atoms with E-state index in [0.29, 0.717) is 11.7 Å². The normalized spacial score (nSPS) is 22.0. The first kappa shape index (κ1) is 14.3. The number of nitrogens with one attached hydrogen (secondary N) is 2. The van der Waals surface area contributed by atoms with Crippen molar-refractivity contribution in [2.45, 2.75) is 25.8 Å². The number of carbonyl (C=O) groups is 1. The molecule has 2 aromatic heterocycles. The number of piperidine rings is 1. The monoisotopic (exact) mass is 313 g/mol. The van der Waals surface area contributed by atoms with Crippen molar-refractivity contribution in [2.75, 3.05) is 13.1 Å². The summed E-state index contributed by atoms with van der Waals surface area (Å²) in [6, 6.07) is 3.64. The van der Waals surface area contributed by atoms with Gasteiger partial charge in [0.25, 0.3) is 0 Å². The molecule has 2 aromatic rings. The lowest BCUT2D eigenvalue weighted by atomic mass is 9.92. The van der Waals surface area contributed by atoms with Gasteiger partial charge >= 0.3 is 0 Å². The Bertz CT molecular complexity index is 694. The second-order valence-corrected chi connectivity index (χ2v) is 6.33. The van der Waals surface area contributed by atoms with Crippen molar-refractivity contribution in [3.05, 3.63) is 30.4 Å². The van der Waals surface area contributed by atoms with Crippen LogP contribution in [0.25, 0.3) is 11.4 Å². The van der Waals surface area contributed by atoms with E-state index in [0.717, 1.165) is 37.9 Å². The molecule has 2 aliphatic rings. The molecule has 1 unspecified atom stereocenters. The number of hydrogen-bond donors (Lipinski definition) is 2. The standard InChI is InChI=1S/C16H19N5O2/c22-15(12-9-16(12)3-7-18-8-4-16)19-10-13-20-14(21-23-13)11-1-5-17-6-2-11/h1-2,5-6,12,18H,3-4,7-10H2,(H,19,22). The highest BCUT2D eigenvalue weighted by Crippen LogP contribution is 2.58. The first-order valence-electron chi connectivity index (χ1n) is 7.98. The quantitative estimate of drug-likeness (QED) is 0.879. The Labute approximate surface area is 133 Å². The molecule has 7 heteroatoms. The van der Waals surface area contributed by atoms with Crippen LogP contribution in [0, 0.1) is 11.3 Å². The lowest BCUT2D eigenvalue weighted by Crippen LogP contribution is -2.33. The maximum Gasteiger partial charge on any atom is 0.246 e. The van der Waals surface area contributed by atoms with Crippen molar-refractivity contribution in [3.8, 4) is 11.4 Å². The molecule has 0 aromatic carbocycles. The van der Waals surface area contributed by atoms with Crippen molar-refractivity contribution in [1.82, 2.24) is 25.8 Å². The molecular formula is C16H19N5O2. The number of nitrogens with zero attached hydrogens (tertiary/aromatic N) is 3. The van der Waals surface area contributed by atoms with Crippen molar-refractivity contribution in [1.29, 1.82) is 0 Å². The SMILES string of the molecule is O=C(NCc1nc(-c2ccncc2)no1)C1CC12CCNCC2. The van der Waals surface area contributed by atoms with Crippen LogP contribution in [0.2, 0.25) is 0 Å². The molecule has 1 aliphatic heterocycles. The molecule has 2 N–H and O–H groups in total. The van der Waals surface area contributed by atoms with Crippen molar-refractivity contribution in [3.63, 3.8) is 0 Å². The molecule has 1 aliphatic carbocycles. The fraction of sp³-hybridized carbons (Fsp3) is 0.500. The molecule has 1 saturated carbocycles. The Morgan fingerprint density at radius 2 is 2.13 bits per heavy atom. The predicted octanol–water partition coefficient (Wildman–Crippen LogP) is 1.14. The van der Waals surface area contributed by atoms with Crippen LogP contribution in [0.3, 0.4) is 0 Å². The van der Waals surface area contributed by atoms with Gasteiger partial charge in [-0.15, -0.1) is 0 Å². The van der Waals surface area contributed by atoms with E-state index in [1.54, 1.807) is 12.4 Å². The summed E-state index contributed by atoms with van der Waals surface area (Å²) in [7, 11) is 0. The fourth-order valence-corrected chi connectivity index (χ4v) is 3.43. The maximum absolute atomic E-state index is 12.3. The zero-order valence-electron chi connectivity index (χ0n) is 12.8. The molecule has 0 radical (unpaired) electrons. The van der Waals surface area contributed by atoms with Crippen LogP contribution < -0.4 is 10.6 Å². The zero-order valence-corrected chi connectivity index (χ0v) is 12.8. The first-order chi connectivity index (χ1) is 11.3. The van der Waals surface area contributed by atoms with Crippen LogP contribution in [0.5, 0.6) is 0 Å². The molecule has 0 bridgehead atoms. The second kappa shape index (κ2) is 5.73. The van der Waals surface area contributed by atoms with Crippen LogP contribution in [-0.4, -0.2) is 34.1 Å². The number of carbonyl (C=O) groups excluding carboxylic acids is 1. The molecule has 2 fully saturated rings. The average molecular weight is 313 g/mol. The van der Waals surface area contributed by atoms with E-state index < -0.39 is 0 Å². The van der Waals surface area contributed by atoms with E-state index in [2.05, 4.69) is 25.8 Å². The minimum absolute atomic E-state index is 0.107. The Morgan fingerprint density at radius 3 is 2.91 bits per heavy atom. The summed E-state index contributed by atoms with van der Waals surface area (Å²) in [6.45, 7) is 2.31. The molecule has 23 heavy (non-hydrogen) atoms. The van der Waals surface area contributed by atoms with E-state index in [1.165, 1.54) is 0 Å². The highest BCUT2D eigenvalue weighted by atomic mass is 16.5. The lowest BCUT2D eigenvalue weighted by Gasteiger charge is -2.23. The number of aromatic nitrogens is 3. The summed E-state index contributed by atoms with van der Waals surface area (Å²) in [5.41, 5.74) is 1.09. The van der Waals surface area contributed by atoms with Gasteiger partial charge in [0, 0.05) is 23.9 Å².